The van der Waals surface area contributed by atoms with Crippen LogP contribution in [0.5, 0.6) is 0 Å². The second-order valence-corrected chi connectivity index (χ2v) is 8.73. The second-order valence-electron chi connectivity index (χ2n) is 5.50. The molecule has 0 radical (unpaired) electrons. The van der Waals surface area contributed by atoms with Crippen molar-refractivity contribution in [3.63, 3.8) is 0 Å². The van der Waals surface area contributed by atoms with Crippen LogP contribution in [0.15, 0.2) is 33.2 Å². The van der Waals surface area contributed by atoms with Crippen LogP contribution in [-0.4, -0.2) is 26.8 Å². The van der Waals surface area contributed by atoms with Crippen molar-refractivity contribution in [2.75, 3.05) is 16.4 Å². The van der Waals surface area contributed by atoms with Crippen molar-refractivity contribution in [2.45, 2.75) is 10.9 Å². The Hall–Kier alpha value is -2.64. The first-order valence-electron chi connectivity index (χ1n) is 7.96. The Morgan fingerprint density at radius 3 is 2.83 bits per heavy atom. The maximum Gasteiger partial charge on any atom is 0.236 e. The van der Waals surface area contributed by atoms with Gasteiger partial charge in [-0.05, 0) is 18.2 Å². The maximum absolute atomic E-state index is 13.7. The Bertz CT molecular complexity index is 1160. The number of carbonyl (C=O) groups excluding carboxylic acids is 1. The van der Waals surface area contributed by atoms with Crippen molar-refractivity contribution in [1.82, 2.24) is 15.2 Å². The monoisotopic (exact) mass is 457 g/mol. The van der Waals surface area contributed by atoms with E-state index in [0.29, 0.717) is 16.0 Å². The van der Waals surface area contributed by atoms with Crippen LogP contribution in [0, 0.1) is 17.5 Å². The number of thioether (sulfide) groups is 1. The zero-order valence-electron chi connectivity index (χ0n) is 14.2. The van der Waals surface area contributed by atoms with Gasteiger partial charge in [0, 0.05) is 0 Å². The van der Waals surface area contributed by atoms with Crippen LogP contribution in [0.2, 0.25) is 0 Å². The summed E-state index contributed by atoms with van der Waals surface area (Å²) in [7, 11) is 0. The van der Waals surface area contributed by atoms with Crippen molar-refractivity contribution in [3.8, 4) is 0 Å². The fourth-order valence-electron chi connectivity index (χ4n) is 2.23. The standard InChI is InChI=1S/C16H10F3N5O2S3/c17-8-4-9-13(12(19)11(8)18)22-15(28-9)21-10(25)6-27-16-24-23-14(29-16)20-5-7-2-1-3-26-7/h1-4H,5-6H2,(H,20,23)(H,21,22,25). The predicted molar refractivity (Wildman–Crippen MR) is 105 cm³/mol. The Kier molecular flexibility index (Phi) is 5.69. The van der Waals surface area contributed by atoms with Crippen LogP contribution in [0.1, 0.15) is 5.76 Å². The summed E-state index contributed by atoms with van der Waals surface area (Å²) in [6.07, 6.45) is 1.57. The van der Waals surface area contributed by atoms with Crippen LogP contribution >= 0.6 is 34.4 Å². The van der Waals surface area contributed by atoms with Crippen LogP contribution in [0.3, 0.4) is 0 Å². The van der Waals surface area contributed by atoms with E-state index in [0.717, 1.165) is 34.9 Å². The van der Waals surface area contributed by atoms with E-state index in [1.807, 2.05) is 6.07 Å². The van der Waals surface area contributed by atoms with E-state index < -0.39 is 23.4 Å². The van der Waals surface area contributed by atoms with E-state index in [1.54, 1.807) is 12.3 Å². The molecule has 0 saturated carbocycles. The van der Waals surface area contributed by atoms with Crippen molar-refractivity contribution >= 4 is 60.8 Å². The topological polar surface area (TPSA) is 92.9 Å². The normalized spacial score (nSPS) is 11.1. The number of furan rings is 1. The minimum Gasteiger partial charge on any atom is -0.467 e. The highest BCUT2D eigenvalue weighted by Gasteiger charge is 2.18. The molecular formula is C16H10F3N5O2S3. The molecule has 4 aromatic rings. The van der Waals surface area contributed by atoms with E-state index in [-0.39, 0.29) is 21.1 Å². The van der Waals surface area contributed by atoms with Crippen molar-refractivity contribution < 1.29 is 22.4 Å². The number of hydrogen-bond acceptors (Lipinski definition) is 9. The molecule has 150 valence electrons. The molecular weight excluding hydrogens is 447 g/mol. The third-order valence-electron chi connectivity index (χ3n) is 3.49. The third kappa shape index (κ3) is 4.52. The molecule has 1 amide bonds. The fourth-order valence-corrected chi connectivity index (χ4v) is 4.68. The molecule has 29 heavy (non-hydrogen) atoms. The molecule has 0 atom stereocenters. The first-order valence-corrected chi connectivity index (χ1v) is 10.6. The Morgan fingerprint density at radius 1 is 1.17 bits per heavy atom. The molecule has 0 saturated heterocycles. The Morgan fingerprint density at radius 2 is 2.03 bits per heavy atom. The molecule has 0 aliphatic carbocycles. The summed E-state index contributed by atoms with van der Waals surface area (Å²) < 4.78 is 46.2. The Balaban J connectivity index is 1.32. The highest BCUT2D eigenvalue weighted by atomic mass is 32.2. The summed E-state index contributed by atoms with van der Waals surface area (Å²) in [5.74, 6) is -3.94. The molecule has 0 aliphatic heterocycles. The number of anilines is 2. The highest BCUT2D eigenvalue weighted by molar-refractivity contribution is 8.01. The molecule has 0 fully saturated rings. The molecule has 0 bridgehead atoms. The van der Waals surface area contributed by atoms with Gasteiger partial charge in [-0.15, -0.1) is 10.2 Å². The van der Waals surface area contributed by atoms with Gasteiger partial charge in [0.2, 0.25) is 11.0 Å². The zero-order valence-corrected chi connectivity index (χ0v) is 16.7. The maximum atomic E-state index is 13.7. The Labute approximate surface area is 173 Å². The van der Waals surface area contributed by atoms with Crippen molar-refractivity contribution in [2.24, 2.45) is 0 Å². The summed E-state index contributed by atoms with van der Waals surface area (Å²) in [5.41, 5.74) is -0.326. The van der Waals surface area contributed by atoms with Gasteiger partial charge < -0.3 is 15.1 Å². The number of rotatable bonds is 7. The van der Waals surface area contributed by atoms with E-state index in [9.17, 15) is 18.0 Å². The van der Waals surface area contributed by atoms with Crippen molar-refractivity contribution in [3.05, 3.63) is 47.7 Å². The molecule has 0 unspecified atom stereocenters. The number of hydrogen-bond donors (Lipinski definition) is 2. The first-order chi connectivity index (χ1) is 14.0. The van der Waals surface area contributed by atoms with E-state index in [1.165, 1.54) is 11.3 Å². The number of nitrogens with zero attached hydrogens (tertiary/aromatic N) is 3. The number of carbonyl (C=O) groups is 1. The quantitative estimate of drug-likeness (QED) is 0.312. The summed E-state index contributed by atoms with van der Waals surface area (Å²) in [6.45, 7) is 0.460. The van der Waals surface area contributed by atoms with Gasteiger partial charge in [-0.1, -0.05) is 34.4 Å². The lowest BCUT2D eigenvalue weighted by molar-refractivity contribution is -0.113. The molecule has 0 aliphatic rings. The summed E-state index contributed by atoms with van der Waals surface area (Å²) in [4.78, 5) is 15.9. The lowest BCUT2D eigenvalue weighted by atomic mass is 10.3. The van der Waals surface area contributed by atoms with Gasteiger partial charge in [-0.25, -0.2) is 18.2 Å². The summed E-state index contributed by atoms with van der Waals surface area (Å²) >= 11 is 3.28. The highest BCUT2D eigenvalue weighted by Crippen LogP contribution is 2.31. The van der Waals surface area contributed by atoms with Gasteiger partial charge in [-0.3, -0.25) is 4.79 Å². The number of benzene rings is 1. The lowest BCUT2D eigenvalue weighted by Crippen LogP contribution is -2.13. The first kappa shape index (κ1) is 19.7. The van der Waals surface area contributed by atoms with Crippen LogP contribution < -0.4 is 10.6 Å². The molecule has 3 heterocycles. The minimum atomic E-state index is -1.59. The van der Waals surface area contributed by atoms with Gasteiger partial charge in [0.05, 0.1) is 23.3 Å². The molecule has 4 rings (SSSR count). The summed E-state index contributed by atoms with van der Waals surface area (Å²) in [5, 5.41) is 14.1. The average molecular weight is 457 g/mol. The third-order valence-corrected chi connectivity index (χ3v) is 6.43. The molecule has 0 spiro atoms. The number of thiazole rings is 1. The van der Waals surface area contributed by atoms with Crippen LogP contribution in [0.25, 0.3) is 10.2 Å². The molecule has 1 aromatic carbocycles. The SMILES string of the molecule is O=C(CSc1nnc(NCc2ccco2)s1)Nc1nc2c(F)c(F)c(F)cc2s1. The van der Waals surface area contributed by atoms with Gasteiger partial charge in [0.15, 0.2) is 26.9 Å². The average Bonchev–Trinajstić information content (AvgIpc) is 3.44. The smallest absolute Gasteiger partial charge is 0.236 e. The second kappa shape index (κ2) is 8.39. The van der Waals surface area contributed by atoms with E-state index >= 15 is 0 Å². The zero-order chi connectivity index (χ0) is 20.4. The molecule has 3 aromatic heterocycles. The van der Waals surface area contributed by atoms with Crippen molar-refractivity contribution in [1.29, 1.82) is 0 Å². The number of fused-ring (bicyclic) bond motifs is 1. The van der Waals surface area contributed by atoms with Crippen LogP contribution in [0.4, 0.5) is 23.4 Å². The predicted octanol–water partition coefficient (Wildman–Crippen LogP) is 4.50. The molecule has 13 heteroatoms. The van der Waals surface area contributed by atoms with Gasteiger partial charge in [0.1, 0.15) is 11.3 Å². The number of nitrogens with one attached hydrogen (secondary N) is 2. The van der Waals surface area contributed by atoms with E-state index in [4.69, 9.17) is 4.42 Å². The fraction of sp³-hybridized carbons (Fsp3) is 0.125. The number of amides is 1. The summed E-state index contributed by atoms with van der Waals surface area (Å²) in [6, 6.07) is 4.45. The number of halogens is 3. The van der Waals surface area contributed by atoms with Gasteiger partial charge in [-0.2, -0.15) is 0 Å². The lowest BCUT2D eigenvalue weighted by Gasteiger charge is -1.99. The largest absolute Gasteiger partial charge is 0.467 e. The number of aromatic nitrogens is 3. The molecule has 7 nitrogen and oxygen atoms in total. The molecule has 2 N–H and O–H groups in total. The van der Waals surface area contributed by atoms with Gasteiger partial charge in [0.25, 0.3) is 0 Å². The van der Waals surface area contributed by atoms with E-state index in [2.05, 4.69) is 25.8 Å². The van der Waals surface area contributed by atoms with Crippen LogP contribution in [-0.2, 0) is 11.3 Å². The van der Waals surface area contributed by atoms with Gasteiger partial charge >= 0.3 is 0 Å². The minimum absolute atomic E-state index is 0.00788.